The fourth-order valence-electron chi connectivity index (χ4n) is 1.29. The number of hydrogen-bond acceptors (Lipinski definition) is 3. The van der Waals surface area contributed by atoms with Crippen LogP contribution in [-0.4, -0.2) is 24.1 Å². The highest BCUT2D eigenvalue weighted by atomic mass is 35.5. The van der Waals surface area contributed by atoms with E-state index in [1.165, 1.54) is 0 Å². The molecule has 0 spiro atoms. The summed E-state index contributed by atoms with van der Waals surface area (Å²) in [5.74, 6) is -0.145. The fourth-order valence-corrected chi connectivity index (χ4v) is 1.65. The molecule has 4 nitrogen and oxygen atoms in total. The van der Waals surface area contributed by atoms with Gasteiger partial charge in [-0.15, -0.1) is 0 Å². The standard InChI is InChI=1S/C12H15ClN2O2S/c1-2-17-6-5-11(16)15-10-4-3-8(12(14)18)7-9(10)13/h3-4,7H,2,5-6H2,1H3,(H2,14,18)(H,15,16). The Balaban J connectivity index is 2.62. The Hall–Kier alpha value is -1.17. The zero-order chi connectivity index (χ0) is 13.5. The van der Waals surface area contributed by atoms with Gasteiger partial charge >= 0.3 is 0 Å². The van der Waals surface area contributed by atoms with Gasteiger partial charge in [0, 0.05) is 12.2 Å². The highest BCUT2D eigenvalue weighted by molar-refractivity contribution is 7.80. The number of thiocarbonyl (C=S) groups is 1. The summed E-state index contributed by atoms with van der Waals surface area (Å²) in [6.07, 6.45) is 0.293. The van der Waals surface area contributed by atoms with Crippen molar-refractivity contribution >= 4 is 40.4 Å². The van der Waals surface area contributed by atoms with E-state index in [0.717, 1.165) is 0 Å². The van der Waals surface area contributed by atoms with Gasteiger partial charge < -0.3 is 15.8 Å². The van der Waals surface area contributed by atoms with E-state index >= 15 is 0 Å². The topological polar surface area (TPSA) is 64.3 Å². The molecule has 0 radical (unpaired) electrons. The molecule has 1 rings (SSSR count). The summed E-state index contributed by atoms with van der Waals surface area (Å²) >= 11 is 10.9. The van der Waals surface area contributed by atoms with Crippen LogP contribution in [0.25, 0.3) is 0 Å². The molecule has 1 amide bonds. The number of anilines is 1. The Morgan fingerprint density at radius 1 is 1.56 bits per heavy atom. The molecule has 1 aromatic rings. The van der Waals surface area contributed by atoms with Crippen LogP contribution < -0.4 is 11.1 Å². The van der Waals surface area contributed by atoms with Crippen LogP contribution in [0.4, 0.5) is 5.69 Å². The Labute approximate surface area is 116 Å². The lowest BCUT2D eigenvalue weighted by Crippen LogP contribution is -2.15. The molecular formula is C12H15ClN2O2S. The predicted octanol–water partition coefficient (Wildman–Crippen LogP) is 2.34. The zero-order valence-electron chi connectivity index (χ0n) is 10.0. The van der Waals surface area contributed by atoms with Crippen molar-refractivity contribution in [1.29, 1.82) is 0 Å². The molecule has 0 unspecified atom stereocenters. The largest absolute Gasteiger partial charge is 0.389 e. The molecule has 0 bridgehead atoms. The molecule has 0 fully saturated rings. The predicted molar refractivity (Wildman–Crippen MR) is 77.1 cm³/mol. The Kier molecular flexibility index (Phi) is 6.04. The van der Waals surface area contributed by atoms with Crippen molar-refractivity contribution in [1.82, 2.24) is 0 Å². The summed E-state index contributed by atoms with van der Waals surface area (Å²) in [6, 6.07) is 5.02. The third-order valence-electron chi connectivity index (χ3n) is 2.21. The van der Waals surface area contributed by atoms with E-state index < -0.39 is 0 Å². The van der Waals surface area contributed by atoms with Crippen LogP contribution >= 0.6 is 23.8 Å². The van der Waals surface area contributed by atoms with Gasteiger partial charge in [-0.25, -0.2) is 0 Å². The number of carbonyl (C=O) groups is 1. The van der Waals surface area contributed by atoms with Crippen molar-refractivity contribution in [3.8, 4) is 0 Å². The number of halogens is 1. The van der Waals surface area contributed by atoms with Gasteiger partial charge in [-0.1, -0.05) is 23.8 Å². The second-order valence-corrected chi connectivity index (χ2v) is 4.40. The molecule has 0 heterocycles. The summed E-state index contributed by atoms with van der Waals surface area (Å²) in [4.78, 5) is 11.8. The summed E-state index contributed by atoms with van der Waals surface area (Å²) in [6.45, 7) is 2.87. The van der Waals surface area contributed by atoms with Crippen LogP contribution in [0, 0.1) is 0 Å². The molecule has 6 heteroatoms. The molecular weight excluding hydrogens is 272 g/mol. The molecule has 0 atom stereocenters. The van der Waals surface area contributed by atoms with Crippen molar-refractivity contribution in [2.24, 2.45) is 5.73 Å². The maximum absolute atomic E-state index is 11.6. The maximum atomic E-state index is 11.6. The van der Waals surface area contributed by atoms with Crippen molar-refractivity contribution in [2.45, 2.75) is 13.3 Å². The van der Waals surface area contributed by atoms with Crippen molar-refractivity contribution in [3.05, 3.63) is 28.8 Å². The summed E-state index contributed by atoms with van der Waals surface area (Å²) < 4.78 is 5.10. The first kappa shape index (κ1) is 14.9. The third kappa shape index (κ3) is 4.60. The lowest BCUT2D eigenvalue weighted by atomic mass is 10.2. The molecule has 0 aromatic heterocycles. The highest BCUT2D eigenvalue weighted by Gasteiger charge is 2.07. The lowest BCUT2D eigenvalue weighted by molar-refractivity contribution is -0.117. The number of benzene rings is 1. The van der Waals surface area contributed by atoms with Crippen molar-refractivity contribution in [2.75, 3.05) is 18.5 Å². The van der Waals surface area contributed by atoms with E-state index in [2.05, 4.69) is 5.32 Å². The van der Waals surface area contributed by atoms with Crippen molar-refractivity contribution in [3.63, 3.8) is 0 Å². The number of ether oxygens (including phenoxy) is 1. The number of nitrogens with two attached hydrogens (primary N) is 1. The Morgan fingerprint density at radius 3 is 2.83 bits per heavy atom. The first-order chi connectivity index (χ1) is 8.54. The van der Waals surface area contributed by atoms with Crippen LogP contribution in [0.1, 0.15) is 18.9 Å². The first-order valence-electron chi connectivity index (χ1n) is 5.51. The molecule has 18 heavy (non-hydrogen) atoms. The molecule has 1 aromatic carbocycles. The van der Waals surface area contributed by atoms with Crippen LogP contribution in [0.2, 0.25) is 5.02 Å². The summed E-state index contributed by atoms with van der Waals surface area (Å²) in [5.41, 5.74) is 6.69. The number of amides is 1. The number of carbonyl (C=O) groups excluding carboxylic acids is 1. The smallest absolute Gasteiger partial charge is 0.226 e. The average Bonchev–Trinajstić information content (AvgIpc) is 2.32. The van der Waals surface area contributed by atoms with Gasteiger partial charge in [-0.3, -0.25) is 4.79 Å². The van der Waals surface area contributed by atoms with E-state index in [4.69, 9.17) is 34.3 Å². The van der Waals surface area contributed by atoms with Gasteiger partial charge in [0.05, 0.1) is 23.7 Å². The lowest BCUT2D eigenvalue weighted by Gasteiger charge is -2.08. The minimum Gasteiger partial charge on any atom is -0.389 e. The maximum Gasteiger partial charge on any atom is 0.226 e. The molecule has 0 aliphatic carbocycles. The average molecular weight is 287 g/mol. The fraction of sp³-hybridized carbons (Fsp3) is 0.333. The number of rotatable bonds is 6. The SMILES string of the molecule is CCOCCC(=O)Nc1ccc(C(N)=S)cc1Cl. The minimum atomic E-state index is -0.145. The number of hydrogen-bond donors (Lipinski definition) is 2. The van der Waals surface area contributed by atoms with E-state index in [0.29, 0.717) is 35.9 Å². The quantitative estimate of drug-likeness (QED) is 0.622. The van der Waals surface area contributed by atoms with Gasteiger partial charge in [-0.2, -0.15) is 0 Å². The van der Waals surface area contributed by atoms with Crippen molar-refractivity contribution < 1.29 is 9.53 Å². The molecule has 3 N–H and O–H groups in total. The first-order valence-corrected chi connectivity index (χ1v) is 6.30. The van der Waals surface area contributed by atoms with Crippen LogP contribution in [-0.2, 0) is 9.53 Å². The second-order valence-electron chi connectivity index (χ2n) is 3.55. The van der Waals surface area contributed by atoms with Gasteiger partial charge in [-0.05, 0) is 25.1 Å². The summed E-state index contributed by atoms with van der Waals surface area (Å²) in [5, 5.41) is 3.11. The third-order valence-corrected chi connectivity index (χ3v) is 2.75. The minimum absolute atomic E-state index is 0.145. The van der Waals surface area contributed by atoms with Crippen LogP contribution in [0.5, 0.6) is 0 Å². The molecule has 0 aliphatic rings. The summed E-state index contributed by atoms with van der Waals surface area (Å²) in [7, 11) is 0. The van der Waals surface area contributed by atoms with E-state index in [-0.39, 0.29) is 10.9 Å². The van der Waals surface area contributed by atoms with E-state index in [9.17, 15) is 4.79 Å². The second kappa shape index (κ2) is 7.31. The van der Waals surface area contributed by atoms with Crippen LogP contribution in [0.15, 0.2) is 18.2 Å². The van der Waals surface area contributed by atoms with Crippen LogP contribution in [0.3, 0.4) is 0 Å². The monoisotopic (exact) mass is 286 g/mol. The number of nitrogens with one attached hydrogen (secondary N) is 1. The van der Waals surface area contributed by atoms with Gasteiger partial charge in [0.25, 0.3) is 0 Å². The zero-order valence-corrected chi connectivity index (χ0v) is 11.6. The molecule has 0 aliphatic heterocycles. The van der Waals surface area contributed by atoms with E-state index in [1.807, 2.05) is 6.92 Å². The van der Waals surface area contributed by atoms with Gasteiger partial charge in [0.15, 0.2) is 0 Å². The van der Waals surface area contributed by atoms with Gasteiger partial charge in [0.1, 0.15) is 4.99 Å². The molecule has 0 saturated heterocycles. The highest BCUT2D eigenvalue weighted by Crippen LogP contribution is 2.23. The Morgan fingerprint density at radius 2 is 2.28 bits per heavy atom. The molecule has 0 saturated carbocycles. The van der Waals surface area contributed by atoms with Gasteiger partial charge in [0.2, 0.25) is 5.91 Å². The molecule has 98 valence electrons. The Bertz CT molecular complexity index is 452. The normalized spacial score (nSPS) is 10.1. The van der Waals surface area contributed by atoms with E-state index in [1.54, 1.807) is 18.2 Å².